The molecule has 0 aromatic carbocycles. The summed E-state index contributed by atoms with van der Waals surface area (Å²) in [6, 6.07) is 0. The Morgan fingerprint density at radius 3 is 2.47 bits per heavy atom. The highest BCUT2D eigenvalue weighted by Gasteiger charge is 2.16. The van der Waals surface area contributed by atoms with Crippen molar-refractivity contribution < 1.29 is 0 Å². The minimum atomic E-state index is 0.645. The van der Waals surface area contributed by atoms with E-state index < -0.39 is 0 Å². The van der Waals surface area contributed by atoms with Crippen molar-refractivity contribution in [2.75, 3.05) is 19.0 Å². The van der Waals surface area contributed by atoms with Crippen molar-refractivity contribution in [1.29, 1.82) is 0 Å². The predicted octanol–water partition coefficient (Wildman–Crippen LogP) is 3.18. The van der Waals surface area contributed by atoms with Crippen LogP contribution in [0.4, 0.5) is 0 Å². The molecule has 0 fully saturated rings. The maximum Gasteiger partial charge on any atom is 0.0863 e. The molecule has 0 aliphatic rings. The first kappa shape index (κ1) is 14.8. The Bertz CT molecular complexity index is 350. The van der Waals surface area contributed by atoms with E-state index in [2.05, 4.69) is 30.8 Å². The Balaban J connectivity index is 2.91. The van der Waals surface area contributed by atoms with Crippen LogP contribution in [-0.4, -0.2) is 33.6 Å². The Morgan fingerprint density at radius 2 is 2.00 bits per heavy atom. The second kappa shape index (κ2) is 7.24. The van der Waals surface area contributed by atoms with E-state index in [-0.39, 0.29) is 0 Å². The van der Waals surface area contributed by atoms with E-state index in [1.165, 1.54) is 0 Å². The fraction of sp³-hybridized carbons (Fsp3) is 0.750. The molecule has 0 unspecified atom stereocenters. The zero-order valence-electron chi connectivity index (χ0n) is 10.8. The van der Waals surface area contributed by atoms with Gasteiger partial charge in [0, 0.05) is 25.5 Å². The number of hydrogen-bond acceptors (Lipinski definition) is 2. The van der Waals surface area contributed by atoms with Crippen LogP contribution in [-0.2, 0) is 19.5 Å². The van der Waals surface area contributed by atoms with E-state index in [1.54, 1.807) is 0 Å². The molecule has 5 heteroatoms. The van der Waals surface area contributed by atoms with E-state index >= 15 is 0 Å². The Hall–Kier alpha value is -0.250. The molecule has 0 spiro atoms. The lowest BCUT2D eigenvalue weighted by molar-refractivity contribution is 0.287. The first-order valence-electron chi connectivity index (χ1n) is 6.20. The van der Waals surface area contributed by atoms with Gasteiger partial charge in [-0.15, -0.1) is 11.6 Å². The molecule has 3 nitrogen and oxygen atoms in total. The highest BCUT2D eigenvalue weighted by atomic mass is 35.5. The van der Waals surface area contributed by atoms with Crippen molar-refractivity contribution in [3.8, 4) is 0 Å². The summed E-state index contributed by atoms with van der Waals surface area (Å²) in [5.41, 5.74) is 2.10. The lowest BCUT2D eigenvalue weighted by atomic mass is 10.3. The van der Waals surface area contributed by atoms with Gasteiger partial charge in [-0.25, -0.2) is 0 Å². The fourth-order valence-corrected chi connectivity index (χ4v) is 2.42. The zero-order chi connectivity index (χ0) is 12.8. The smallest absolute Gasteiger partial charge is 0.0863 e. The summed E-state index contributed by atoms with van der Waals surface area (Å²) in [7, 11) is 0. The molecule has 1 heterocycles. The van der Waals surface area contributed by atoms with Gasteiger partial charge in [0.25, 0.3) is 0 Å². The molecule has 0 amide bonds. The second-order valence-electron chi connectivity index (χ2n) is 3.93. The van der Waals surface area contributed by atoms with Gasteiger partial charge < -0.3 is 0 Å². The van der Waals surface area contributed by atoms with Gasteiger partial charge in [-0.05, 0) is 19.9 Å². The first-order valence-corrected chi connectivity index (χ1v) is 7.11. The van der Waals surface area contributed by atoms with Gasteiger partial charge >= 0.3 is 0 Å². The van der Waals surface area contributed by atoms with E-state index in [4.69, 9.17) is 23.2 Å². The number of aryl methyl sites for hydroxylation is 2. The summed E-state index contributed by atoms with van der Waals surface area (Å²) in [5.74, 6) is 0.645. The summed E-state index contributed by atoms with van der Waals surface area (Å²) < 4.78 is 2.00. The number of aromatic nitrogens is 2. The second-order valence-corrected chi connectivity index (χ2v) is 4.69. The Morgan fingerprint density at radius 1 is 1.29 bits per heavy atom. The van der Waals surface area contributed by atoms with Crippen LogP contribution in [0.3, 0.4) is 0 Å². The van der Waals surface area contributed by atoms with Gasteiger partial charge in [0.15, 0.2) is 0 Å². The molecular weight excluding hydrogens is 257 g/mol. The predicted molar refractivity (Wildman–Crippen MR) is 74.0 cm³/mol. The Labute approximate surface area is 114 Å². The molecular formula is C12H21Cl2N3. The maximum absolute atomic E-state index is 6.37. The van der Waals surface area contributed by atoms with Crippen LogP contribution < -0.4 is 0 Å². The van der Waals surface area contributed by atoms with Crippen molar-refractivity contribution in [2.24, 2.45) is 0 Å². The van der Waals surface area contributed by atoms with Crippen molar-refractivity contribution >= 4 is 23.2 Å². The van der Waals surface area contributed by atoms with Gasteiger partial charge in [-0.1, -0.05) is 25.4 Å². The van der Waals surface area contributed by atoms with Crippen LogP contribution in [0.15, 0.2) is 0 Å². The molecule has 17 heavy (non-hydrogen) atoms. The fourth-order valence-electron chi connectivity index (χ4n) is 1.85. The van der Waals surface area contributed by atoms with Crippen molar-refractivity contribution in [1.82, 2.24) is 14.7 Å². The molecule has 1 aromatic heterocycles. The van der Waals surface area contributed by atoms with Crippen LogP contribution in [0.5, 0.6) is 0 Å². The molecule has 0 atom stereocenters. The van der Waals surface area contributed by atoms with Gasteiger partial charge in [-0.2, -0.15) is 5.10 Å². The molecule has 0 saturated carbocycles. The van der Waals surface area contributed by atoms with Crippen LogP contribution in [0.1, 0.15) is 32.2 Å². The minimum Gasteiger partial charge on any atom is -0.297 e. The van der Waals surface area contributed by atoms with Gasteiger partial charge in [0.2, 0.25) is 0 Å². The van der Waals surface area contributed by atoms with E-state index in [1.807, 2.05) is 4.68 Å². The van der Waals surface area contributed by atoms with Crippen LogP contribution >= 0.6 is 23.2 Å². The molecule has 1 rings (SSSR count). The normalized spacial score (nSPS) is 11.4. The number of halogens is 2. The number of alkyl halides is 1. The summed E-state index contributed by atoms with van der Waals surface area (Å²) in [4.78, 5) is 2.28. The molecule has 1 aromatic rings. The summed E-state index contributed by atoms with van der Waals surface area (Å²) in [6.45, 7) is 9.83. The van der Waals surface area contributed by atoms with Gasteiger partial charge in [-0.3, -0.25) is 9.58 Å². The minimum absolute atomic E-state index is 0.645. The van der Waals surface area contributed by atoms with Crippen LogP contribution in [0.25, 0.3) is 0 Å². The highest BCUT2D eigenvalue weighted by Crippen LogP contribution is 2.23. The molecule has 0 radical (unpaired) electrons. The van der Waals surface area contributed by atoms with Crippen molar-refractivity contribution in [3.63, 3.8) is 0 Å². The van der Waals surface area contributed by atoms with Crippen molar-refractivity contribution in [2.45, 2.75) is 40.3 Å². The topological polar surface area (TPSA) is 21.1 Å². The number of rotatable bonds is 7. The molecule has 0 bridgehead atoms. The standard InChI is InChI=1S/C12H21Cl2N3/c1-4-10-12(14)11(17(6-3)15-10)9-16(5-2)8-7-13/h4-9H2,1-3H3. The summed E-state index contributed by atoms with van der Waals surface area (Å²) >= 11 is 12.2. The molecule has 0 aliphatic heterocycles. The molecule has 0 saturated heterocycles. The molecule has 98 valence electrons. The third kappa shape index (κ3) is 3.60. The number of nitrogens with zero attached hydrogens (tertiary/aromatic N) is 3. The highest BCUT2D eigenvalue weighted by molar-refractivity contribution is 6.31. The quantitative estimate of drug-likeness (QED) is 0.714. The third-order valence-corrected chi connectivity index (χ3v) is 3.52. The van der Waals surface area contributed by atoms with E-state index in [0.29, 0.717) is 5.88 Å². The maximum atomic E-state index is 6.37. The van der Waals surface area contributed by atoms with Crippen LogP contribution in [0, 0.1) is 0 Å². The average Bonchev–Trinajstić information content (AvgIpc) is 2.65. The van der Waals surface area contributed by atoms with Crippen LogP contribution in [0.2, 0.25) is 5.02 Å². The van der Waals surface area contributed by atoms with E-state index in [9.17, 15) is 0 Å². The lowest BCUT2D eigenvalue weighted by Crippen LogP contribution is -2.26. The van der Waals surface area contributed by atoms with E-state index in [0.717, 1.165) is 49.0 Å². The summed E-state index contributed by atoms with van der Waals surface area (Å²) in [6.07, 6.45) is 0.875. The monoisotopic (exact) mass is 277 g/mol. The zero-order valence-corrected chi connectivity index (χ0v) is 12.4. The number of hydrogen-bond donors (Lipinski definition) is 0. The SMILES string of the molecule is CCc1nn(CC)c(CN(CC)CCCl)c1Cl. The molecule has 0 N–H and O–H groups in total. The lowest BCUT2D eigenvalue weighted by Gasteiger charge is -2.19. The van der Waals surface area contributed by atoms with Gasteiger partial charge in [0.1, 0.15) is 0 Å². The van der Waals surface area contributed by atoms with Gasteiger partial charge in [0.05, 0.1) is 16.4 Å². The largest absolute Gasteiger partial charge is 0.297 e. The molecule has 0 aliphatic carbocycles. The summed E-state index contributed by atoms with van der Waals surface area (Å²) in [5, 5.41) is 5.34. The first-order chi connectivity index (χ1) is 8.17. The third-order valence-electron chi connectivity index (χ3n) is 2.92. The Kier molecular flexibility index (Phi) is 6.31. The average molecular weight is 278 g/mol. The van der Waals surface area contributed by atoms with Crippen molar-refractivity contribution in [3.05, 3.63) is 16.4 Å².